The first-order valence-corrected chi connectivity index (χ1v) is 5.95. The monoisotopic (exact) mass is 281 g/mol. The van der Waals surface area contributed by atoms with Gasteiger partial charge in [0.15, 0.2) is 11.0 Å². The third kappa shape index (κ3) is 3.73. The van der Waals surface area contributed by atoms with Crippen LogP contribution in [0.15, 0.2) is 0 Å². The second-order valence-electron chi connectivity index (χ2n) is 4.10. The van der Waals surface area contributed by atoms with Crippen molar-refractivity contribution in [3.05, 3.63) is 16.3 Å². The number of nitrogens with zero attached hydrogens (tertiary/aromatic N) is 3. The number of hydrogen-bond acceptors (Lipinski definition) is 3. The fourth-order valence-corrected chi connectivity index (χ4v) is 1.79. The number of halogens is 4. The summed E-state index contributed by atoms with van der Waals surface area (Å²) in [6.07, 6.45) is -3.67. The molecule has 7 heteroatoms. The Morgan fingerprint density at radius 3 is 2.28 bits per heavy atom. The Morgan fingerprint density at radius 2 is 1.78 bits per heavy atom. The lowest BCUT2D eigenvalue weighted by Crippen LogP contribution is -2.36. The molecular formula is C11H15ClF3N3. The molecule has 0 bridgehead atoms. The van der Waals surface area contributed by atoms with Gasteiger partial charge in [0, 0.05) is 6.54 Å². The van der Waals surface area contributed by atoms with Gasteiger partial charge in [-0.05, 0) is 31.4 Å². The van der Waals surface area contributed by atoms with Crippen molar-refractivity contribution in [3.63, 3.8) is 0 Å². The first-order valence-electron chi connectivity index (χ1n) is 5.57. The van der Waals surface area contributed by atoms with Crippen LogP contribution in [0.25, 0.3) is 0 Å². The minimum Gasteiger partial charge on any atom is -0.346 e. The molecule has 18 heavy (non-hydrogen) atoms. The van der Waals surface area contributed by atoms with E-state index < -0.39 is 12.7 Å². The minimum absolute atomic E-state index is 0.222. The van der Waals surface area contributed by atoms with Gasteiger partial charge < -0.3 is 4.90 Å². The molecule has 0 aliphatic heterocycles. The van der Waals surface area contributed by atoms with Gasteiger partial charge in [-0.15, -0.1) is 10.2 Å². The highest BCUT2D eigenvalue weighted by molar-refractivity contribution is 6.30. The fraction of sp³-hybridized carbons (Fsp3) is 0.636. The van der Waals surface area contributed by atoms with Gasteiger partial charge in [-0.1, -0.05) is 18.5 Å². The smallest absolute Gasteiger partial charge is 0.346 e. The van der Waals surface area contributed by atoms with Crippen LogP contribution in [0.1, 0.15) is 24.5 Å². The van der Waals surface area contributed by atoms with E-state index in [2.05, 4.69) is 10.2 Å². The third-order valence-corrected chi connectivity index (χ3v) is 2.96. The lowest BCUT2D eigenvalue weighted by molar-refractivity contribution is -0.119. The van der Waals surface area contributed by atoms with Crippen LogP contribution in [0.4, 0.5) is 19.0 Å². The van der Waals surface area contributed by atoms with E-state index in [-0.39, 0.29) is 17.5 Å². The van der Waals surface area contributed by atoms with Crippen LogP contribution < -0.4 is 4.90 Å². The normalized spacial score (nSPS) is 11.7. The van der Waals surface area contributed by atoms with E-state index in [1.807, 2.05) is 6.92 Å². The Hall–Kier alpha value is -1.04. The summed E-state index contributed by atoms with van der Waals surface area (Å²) in [5.41, 5.74) is 1.29. The summed E-state index contributed by atoms with van der Waals surface area (Å²) in [6.45, 7) is 4.47. The van der Waals surface area contributed by atoms with Crippen LogP contribution in [0.5, 0.6) is 0 Å². The molecule has 0 saturated carbocycles. The molecule has 3 nitrogen and oxygen atoms in total. The van der Waals surface area contributed by atoms with Crippen molar-refractivity contribution in [2.75, 3.05) is 18.0 Å². The minimum atomic E-state index is -4.27. The summed E-state index contributed by atoms with van der Waals surface area (Å²) in [7, 11) is 0. The number of aromatic nitrogens is 2. The molecule has 0 spiro atoms. The topological polar surface area (TPSA) is 29.0 Å². The van der Waals surface area contributed by atoms with Crippen LogP contribution in [0.3, 0.4) is 0 Å². The highest BCUT2D eigenvalue weighted by atomic mass is 35.5. The molecule has 0 saturated heterocycles. The highest BCUT2D eigenvalue weighted by Gasteiger charge is 2.32. The number of anilines is 1. The van der Waals surface area contributed by atoms with Crippen LogP contribution in [-0.4, -0.2) is 29.5 Å². The Bertz CT molecular complexity index is 421. The summed E-state index contributed by atoms with van der Waals surface area (Å²) in [5, 5.41) is 7.69. The molecule has 0 fully saturated rings. The maximum absolute atomic E-state index is 12.5. The van der Waals surface area contributed by atoms with E-state index in [0.29, 0.717) is 17.5 Å². The van der Waals surface area contributed by atoms with Gasteiger partial charge in [-0.3, -0.25) is 0 Å². The van der Waals surface area contributed by atoms with Crippen molar-refractivity contribution in [2.45, 2.75) is 33.4 Å². The van der Waals surface area contributed by atoms with Crippen molar-refractivity contribution >= 4 is 17.4 Å². The van der Waals surface area contributed by atoms with Crippen LogP contribution in [0.2, 0.25) is 5.15 Å². The zero-order chi connectivity index (χ0) is 13.9. The van der Waals surface area contributed by atoms with Crippen molar-refractivity contribution in [2.24, 2.45) is 0 Å². The molecule has 0 N–H and O–H groups in total. The first-order chi connectivity index (χ1) is 8.26. The molecule has 0 atom stereocenters. The summed E-state index contributed by atoms with van der Waals surface area (Å²) < 4.78 is 37.5. The number of rotatable bonds is 4. The van der Waals surface area contributed by atoms with Crippen molar-refractivity contribution in [1.82, 2.24) is 10.2 Å². The van der Waals surface area contributed by atoms with Crippen LogP contribution in [0, 0.1) is 13.8 Å². The zero-order valence-corrected chi connectivity index (χ0v) is 11.2. The second kappa shape index (κ2) is 5.73. The maximum atomic E-state index is 12.5. The average molecular weight is 282 g/mol. The molecule has 0 aliphatic carbocycles. The Balaban J connectivity index is 3.10. The molecule has 1 aromatic heterocycles. The van der Waals surface area contributed by atoms with Gasteiger partial charge in [0.1, 0.15) is 6.54 Å². The van der Waals surface area contributed by atoms with E-state index in [0.717, 1.165) is 0 Å². The molecule has 102 valence electrons. The molecule has 0 amide bonds. The first kappa shape index (κ1) is 15.0. The Labute approximate surface area is 109 Å². The van der Waals surface area contributed by atoms with Crippen molar-refractivity contribution < 1.29 is 13.2 Å². The predicted molar refractivity (Wildman–Crippen MR) is 65.1 cm³/mol. The molecular weight excluding hydrogens is 267 g/mol. The van der Waals surface area contributed by atoms with E-state index in [9.17, 15) is 13.2 Å². The lowest BCUT2D eigenvalue weighted by Gasteiger charge is -2.25. The summed E-state index contributed by atoms with van der Waals surface area (Å²) in [5.74, 6) is 0.246. The third-order valence-electron chi connectivity index (χ3n) is 2.60. The highest BCUT2D eigenvalue weighted by Crippen LogP contribution is 2.26. The van der Waals surface area contributed by atoms with Gasteiger partial charge in [0.05, 0.1) is 0 Å². The van der Waals surface area contributed by atoms with E-state index in [1.54, 1.807) is 13.8 Å². The summed E-state index contributed by atoms with van der Waals surface area (Å²) in [4.78, 5) is 1.19. The van der Waals surface area contributed by atoms with Gasteiger partial charge in [0.25, 0.3) is 0 Å². The number of alkyl halides is 3. The molecule has 0 unspecified atom stereocenters. The lowest BCUT2D eigenvalue weighted by atomic mass is 10.2. The Morgan fingerprint density at radius 1 is 1.17 bits per heavy atom. The molecule has 1 aromatic rings. The van der Waals surface area contributed by atoms with Gasteiger partial charge in [-0.25, -0.2) is 0 Å². The predicted octanol–water partition coefficient (Wildman–Crippen LogP) is 3.53. The maximum Gasteiger partial charge on any atom is 0.405 e. The van der Waals surface area contributed by atoms with E-state index >= 15 is 0 Å². The average Bonchev–Trinajstić information content (AvgIpc) is 2.24. The second-order valence-corrected chi connectivity index (χ2v) is 4.46. The van der Waals surface area contributed by atoms with Crippen LogP contribution in [-0.2, 0) is 0 Å². The van der Waals surface area contributed by atoms with Crippen molar-refractivity contribution in [3.8, 4) is 0 Å². The fourth-order valence-electron chi connectivity index (χ4n) is 1.61. The van der Waals surface area contributed by atoms with Gasteiger partial charge in [0.2, 0.25) is 0 Å². The molecule has 1 heterocycles. The van der Waals surface area contributed by atoms with E-state index in [1.165, 1.54) is 4.90 Å². The van der Waals surface area contributed by atoms with Crippen molar-refractivity contribution in [1.29, 1.82) is 0 Å². The van der Waals surface area contributed by atoms with Crippen LogP contribution >= 0.6 is 11.6 Å². The SMILES string of the molecule is CCCN(CC(F)(F)F)c1nnc(Cl)c(C)c1C. The largest absolute Gasteiger partial charge is 0.405 e. The Kier molecular flexibility index (Phi) is 4.78. The summed E-state index contributed by atoms with van der Waals surface area (Å²) >= 11 is 5.79. The molecule has 0 aromatic carbocycles. The van der Waals surface area contributed by atoms with Gasteiger partial charge in [-0.2, -0.15) is 13.2 Å². The zero-order valence-electron chi connectivity index (χ0n) is 10.5. The van der Waals surface area contributed by atoms with Gasteiger partial charge >= 0.3 is 6.18 Å². The standard InChI is InChI=1S/C11H15ClF3N3/c1-4-5-18(6-11(13,14)15)10-8(3)7(2)9(12)16-17-10/h4-6H2,1-3H3. The number of hydrogen-bond donors (Lipinski definition) is 0. The quantitative estimate of drug-likeness (QED) is 0.845. The van der Waals surface area contributed by atoms with E-state index in [4.69, 9.17) is 11.6 Å². The molecule has 0 aliphatic rings. The summed E-state index contributed by atoms with van der Waals surface area (Å²) in [6, 6.07) is 0. The molecule has 0 radical (unpaired) electrons. The molecule has 1 rings (SSSR count).